The van der Waals surface area contributed by atoms with Gasteiger partial charge in [-0.05, 0) is 28.1 Å². The molecule has 0 atom stereocenters. The van der Waals surface area contributed by atoms with Gasteiger partial charge in [-0.3, -0.25) is 9.97 Å². The molecule has 94 valence electrons. The number of rotatable bonds is 2. The first-order chi connectivity index (χ1) is 9.25. The summed E-state index contributed by atoms with van der Waals surface area (Å²) in [5.41, 5.74) is 7.15. The highest BCUT2D eigenvalue weighted by Gasteiger charge is 2.10. The van der Waals surface area contributed by atoms with Crippen LogP contribution < -0.4 is 10.5 Å². The minimum atomic E-state index is 0.474. The molecule has 3 aromatic rings. The van der Waals surface area contributed by atoms with Gasteiger partial charge in [-0.25, -0.2) is 0 Å². The minimum Gasteiger partial charge on any atom is -0.452 e. The molecule has 0 unspecified atom stereocenters. The monoisotopic (exact) mass is 315 g/mol. The average molecular weight is 316 g/mol. The van der Waals surface area contributed by atoms with Crippen LogP contribution in [-0.4, -0.2) is 9.97 Å². The summed E-state index contributed by atoms with van der Waals surface area (Å²) in [5, 5.41) is 1.02. The summed E-state index contributed by atoms with van der Waals surface area (Å²) in [4.78, 5) is 8.32. The molecule has 2 aromatic heterocycles. The fourth-order valence-electron chi connectivity index (χ4n) is 1.81. The number of aromatic nitrogens is 2. The molecule has 0 saturated carbocycles. The van der Waals surface area contributed by atoms with Crippen LogP contribution in [0.15, 0.2) is 53.4 Å². The van der Waals surface area contributed by atoms with E-state index in [0.29, 0.717) is 21.7 Å². The highest BCUT2D eigenvalue weighted by Crippen LogP contribution is 2.36. The predicted octanol–water partition coefficient (Wildman–Crippen LogP) is 3.77. The van der Waals surface area contributed by atoms with Crippen molar-refractivity contribution in [3.05, 3.63) is 53.4 Å². The number of ether oxygens (including phenoxy) is 1. The van der Waals surface area contributed by atoms with E-state index < -0.39 is 0 Å². The summed E-state index contributed by atoms with van der Waals surface area (Å²) in [6.45, 7) is 0. The van der Waals surface area contributed by atoms with Crippen molar-refractivity contribution in [2.45, 2.75) is 0 Å². The van der Waals surface area contributed by atoms with Crippen LogP contribution in [0.1, 0.15) is 0 Å². The summed E-state index contributed by atoms with van der Waals surface area (Å²) in [7, 11) is 0. The molecule has 0 saturated heterocycles. The normalized spacial score (nSPS) is 10.6. The molecule has 0 bridgehead atoms. The van der Waals surface area contributed by atoms with E-state index >= 15 is 0 Å². The number of para-hydroxylation sites is 1. The minimum absolute atomic E-state index is 0.474. The number of halogens is 1. The molecule has 0 spiro atoms. The lowest BCUT2D eigenvalue weighted by Gasteiger charge is -2.11. The van der Waals surface area contributed by atoms with E-state index in [4.69, 9.17) is 10.5 Å². The second-order valence-corrected chi connectivity index (χ2v) is 4.83. The third-order valence-electron chi connectivity index (χ3n) is 2.69. The van der Waals surface area contributed by atoms with Crippen LogP contribution in [0.25, 0.3) is 10.9 Å². The predicted molar refractivity (Wildman–Crippen MR) is 78.2 cm³/mol. The van der Waals surface area contributed by atoms with Crippen LogP contribution >= 0.6 is 15.9 Å². The summed E-state index contributed by atoms with van der Waals surface area (Å²) >= 11 is 3.38. The highest BCUT2D eigenvalue weighted by molar-refractivity contribution is 9.10. The Morgan fingerprint density at radius 2 is 1.95 bits per heavy atom. The van der Waals surface area contributed by atoms with Gasteiger partial charge < -0.3 is 10.5 Å². The molecule has 2 N–H and O–H groups in total. The Hall–Kier alpha value is -2.14. The molecule has 0 radical (unpaired) electrons. The number of hydrogen-bond acceptors (Lipinski definition) is 4. The van der Waals surface area contributed by atoms with E-state index in [2.05, 4.69) is 25.9 Å². The molecule has 0 aliphatic heterocycles. The van der Waals surface area contributed by atoms with Crippen molar-refractivity contribution in [1.29, 1.82) is 0 Å². The lowest BCUT2D eigenvalue weighted by molar-refractivity contribution is 0.486. The number of pyridine rings is 2. The Balaban J connectivity index is 2.11. The van der Waals surface area contributed by atoms with E-state index in [9.17, 15) is 0 Å². The van der Waals surface area contributed by atoms with Gasteiger partial charge in [0.1, 0.15) is 5.52 Å². The van der Waals surface area contributed by atoms with Crippen molar-refractivity contribution in [2.24, 2.45) is 0 Å². The molecule has 3 rings (SSSR count). The number of nitrogens with zero attached hydrogens (tertiary/aromatic N) is 2. The lowest BCUT2D eigenvalue weighted by Crippen LogP contribution is -1.95. The second-order valence-electron chi connectivity index (χ2n) is 3.97. The fourth-order valence-corrected chi connectivity index (χ4v) is 2.24. The van der Waals surface area contributed by atoms with Crippen LogP contribution in [-0.2, 0) is 0 Å². The van der Waals surface area contributed by atoms with Crippen LogP contribution in [0.3, 0.4) is 0 Å². The highest BCUT2D eigenvalue weighted by atomic mass is 79.9. The first-order valence-corrected chi connectivity index (χ1v) is 6.45. The molecular formula is C14H10BrN3O. The van der Waals surface area contributed by atoms with Crippen molar-refractivity contribution in [3.63, 3.8) is 0 Å². The van der Waals surface area contributed by atoms with Gasteiger partial charge in [0.05, 0.1) is 16.4 Å². The van der Waals surface area contributed by atoms with Crippen LogP contribution in [0.5, 0.6) is 11.5 Å². The number of anilines is 1. The third kappa shape index (κ3) is 2.24. The summed E-state index contributed by atoms with van der Waals surface area (Å²) in [6.07, 6.45) is 4.93. The molecular weight excluding hydrogens is 306 g/mol. The van der Waals surface area contributed by atoms with Gasteiger partial charge in [0, 0.05) is 17.8 Å². The zero-order valence-corrected chi connectivity index (χ0v) is 11.5. The van der Waals surface area contributed by atoms with Crippen molar-refractivity contribution in [1.82, 2.24) is 9.97 Å². The van der Waals surface area contributed by atoms with Crippen molar-refractivity contribution >= 4 is 32.5 Å². The Morgan fingerprint density at radius 3 is 2.79 bits per heavy atom. The Morgan fingerprint density at radius 1 is 1.11 bits per heavy atom. The van der Waals surface area contributed by atoms with Crippen molar-refractivity contribution < 1.29 is 4.74 Å². The van der Waals surface area contributed by atoms with Gasteiger partial charge in [0.15, 0.2) is 11.5 Å². The van der Waals surface area contributed by atoms with E-state index in [1.165, 1.54) is 0 Å². The first kappa shape index (κ1) is 11.9. The van der Waals surface area contributed by atoms with Gasteiger partial charge in [-0.2, -0.15) is 0 Å². The molecule has 1 aromatic carbocycles. The Bertz CT molecular complexity index is 720. The van der Waals surface area contributed by atoms with E-state index in [1.807, 2.05) is 30.3 Å². The molecule has 0 fully saturated rings. The summed E-state index contributed by atoms with van der Waals surface area (Å²) in [6, 6.07) is 9.65. The fraction of sp³-hybridized carbons (Fsp3) is 0. The van der Waals surface area contributed by atoms with E-state index in [0.717, 1.165) is 10.9 Å². The number of hydrogen-bond donors (Lipinski definition) is 1. The molecule has 0 aliphatic carbocycles. The molecule has 19 heavy (non-hydrogen) atoms. The van der Waals surface area contributed by atoms with Gasteiger partial charge in [-0.1, -0.05) is 18.2 Å². The van der Waals surface area contributed by atoms with Crippen LogP contribution in [0, 0.1) is 0 Å². The largest absolute Gasteiger partial charge is 0.452 e. The van der Waals surface area contributed by atoms with Crippen LogP contribution in [0.2, 0.25) is 0 Å². The molecule has 0 amide bonds. The maximum Gasteiger partial charge on any atom is 0.167 e. The molecule has 0 aliphatic rings. The number of benzene rings is 1. The van der Waals surface area contributed by atoms with Crippen LogP contribution in [0.4, 0.5) is 5.69 Å². The van der Waals surface area contributed by atoms with Gasteiger partial charge in [0.2, 0.25) is 0 Å². The molecule has 5 heteroatoms. The summed E-state index contributed by atoms with van der Waals surface area (Å²) < 4.78 is 6.59. The SMILES string of the molecule is Nc1cncc(Br)c1Oc1cccc2cccnc12. The summed E-state index contributed by atoms with van der Waals surface area (Å²) in [5.74, 6) is 1.21. The van der Waals surface area contributed by atoms with Gasteiger partial charge in [0.25, 0.3) is 0 Å². The van der Waals surface area contributed by atoms with Gasteiger partial charge in [-0.15, -0.1) is 0 Å². The lowest BCUT2D eigenvalue weighted by atomic mass is 10.2. The third-order valence-corrected chi connectivity index (χ3v) is 3.25. The van der Waals surface area contributed by atoms with Crippen molar-refractivity contribution in [2.75, 3.05) is 5.73 Å². The average Bonchev–Trinajstić information content (AvgIpc) is 2.43. The standard InChI is InChI=1S/C14H10BrN3O/c15-10-7-17-8-11(16)14(10)19-12-5-1-3-9-4-2-6-18-13(9)12/h1-8H,16H2. The van der Waals surface area contributed by atoms with E-state index in [-0.39, 0.29) is 0 Å². The number of nitrogens with two attached hydrogens (primary N) is 1. The van der Waals surface area contributed by atoms with Crippen molar-refractivity contribution in [3.8, 4) is 11.5 Å². The zero-order valence-electron chi connectivity index (χ0n) is 9.88. The smallest absolute Gasteiger partial charge is 0.167 e. The topological polar surface area (TPSA) is 61.0 Å². The quantitative estimate of drug-likeness (QED) is 0.782. The maximum atomic E-state index is 5.88. The second kappa shape index (κ2) is 4.85. The first-order valence-electron chi connectivity index (χ1n) is 5.66. The zero-order chi connectivity index (χ0) is 13.2. The Labute approximate surface area is 118 Å². The Kier molecular flexibility index (Phi) is 3.05. The van der Waals surface area contributed by atoms with E-state index in [1.54, 1.807) is 18.6 Å². The van der Waals surface area contributed by atoms with Gasteiger partial charge >= 0.3 is 0 Å². The molecule has 4 nitrogen and oxygen atoms in total. The number of fused-ring (bicyclic) bond motifs is 1. The maximum absolute atomic E-state index is 5.88. The molecule has 2 heterocycles. The number of nitrogen functional groups attached to an aromatic ring is 1.